The van der Waals surface area contributed by atoms with E-state index in [9.17, 15) is 22.4 Å². The summed E-state index contributed by atoms with van der Waals surface area (Å²) in [5, 5.41) is 3.82. The number of nitrogens with zero attached hydrogens (tertiary/aromatic N) is 3. The molecule has 0 saturated carbocycles. The van der Waals surface area contributed by atoms with Crippen molar-refractivity contribution in [1.29, 1.82) is 0 Å². The molecule has 1 aliphatic rings. The van der Waals surface area contributed by atoms with Crippen molar-refractivity contribution in [3.05, 3.63) is 65.7 Å². The number of aromatic nitrogens is 2. The second-order valence-corrected chi connectivity index (χ2v) is 6.39. The molecule has 1 aliphatic heterocycles. The maximum absolute atomic E-state index is 13.9. The molecule has 28 heavy (non-hydrogen) atoms. The lowest BCUT2D eigenvalue weighted by Crippen LogP contribution is -2.24. The number of benzene rings is 2. The van der Waals surface area contributed by atoms with Crippen LogP contribution in [-0.4, -0.2) is 22.6 Å². The molecule has 1 atom stereocenters. The van der Waals surface area contributed by atoms with Gasteiger partial charge in [-0.05, 0) is 30.3 Å². The van der Waals surface area contributed by atoms with E-state index >= 15 is 0 Å². The molecule has 1 fully saturated rings. The van der Waals surface area contributed by atoms with E-state index in [0.29, 0.717) is 0 Å². The van der Waals surface area contributed by atoms with Crippen molar-refractivity contribution < 1.29 is 26.9 Å². The molecule has 2 heterocycles. The van der Waals surface area contributed by atoms with Gasteiger partial charge in [-0.3, -0.25) is 4.79 Å². The molecule has 3 aromatic rings. The highest BCUT2D eigenvalue weighted by atomic mass is 19.4. The van der Waals surface area contributed by atoms with Crippen molar-refractivity contribution in [1.82, 2.24) is 10.1 Å². The van der Waals surface area contributed by atoms with Gasteiger partial charge in [0.15, 0.2) is 5.82 Å². The van der Waals surface area contributed by atoms with Gasteiger partial charge in [0, 0.05) is 24.6 Å². The number of carbonyl (C=O) groups is 1. The second kappa shape index (κ2) is 6.74. The normalized spacial score (nSPS) is 17.4. The first-order chi connectivity index (χ1) is 13.3. The predicted molar refractivity (Wildman–Crippen MR) is 90.8 cm³/mol. The van der Waals surface area contributed by atoms with Crippen molar-refractivity contribution in [2.75, 3.05) is 11.4 Å². The quantitative estimate of drug-likeness (QED) is 0.621. The number of carbonyl (C=O) groups excluding carboxylic acids is 1. The van der Waals surface area contributed by atoms with Crippen LogP contribution in [0.4, 0.5) is 23.2 Å². The fourth-order valence-electron chi connectivity index (χ4n) is 3.12. The van der Waals surface area contributed by atoms with Crippen LogP contribution in [0.5, 0.6) is 0 Å². The summed E-state index contributed by atoms with van der Waals surface area (Å²) in [6, 6.07) is 10.5. The Hall–Kier alpha value is -3.23. The van der Waals surface area contributed by atoms with Crippen LogP contribution in [0.25, 0.3) is 11.5 Å². The van der Waals surface area contributed by atoms with Crippen LogP contribution in [0.3, 0.4) is 0 Å². The zero-order valence-corrected chi connectivity index (χ0v) is 14.3. The summed E-state index contributed by atoms with van der Waals surface area (Å²) in [6.07, 6.45) is -4.48. The monoisotopic (exact) mass is 391 g/mol. The summed E-state index contributed by atoms with van der Waals surface area (Å²) in [6.45, 7) is 0.108. The Morgan fingerprint density at radius 3 is 2.64 bits per heavy atom. The van der Waals surface area contributed by atoms with Crippen molar-refractivity contribution >= 4 is 11.6 Å². The fraction of sp³-hybridized carbons (Fsp3) is 0.211. The maximum Gasteiger partial charge on any atom is 0.416 e. The molecule has 1 amide bonds. The van der Waals surface area contributed by atoms with Gasteiger partial charge < -0.3 is 9.42 Å². The summed E-state index contributed by atoms with van der Waals surface area (Å²) in [5.41, 5.74) is -0.539. The van der Waals surface area contributed by atoms with Crippen LogP contribution in [0, 0.1) is 5.82 Å². The van der Waals surface area contributed by atoms with Crippen LogP contribution in [0.15, 0.2) is 53.1 Å². The highest BCUT2D eigenvalue weighted by molar-refractivity contribution is 5.96. The molecule has 0 aliphatic carbocycles. The van der Waals surface area contributed by atoms with Crippen molar-refractivity contribution in [3.8, 4) is 11.5 Å². The summed E-state index contributed by atoms with van der Waals surface area (Å²) in [4.78, 5) is 17.8. The molecule has 0 bridgehead atoms. The lowest BCUT2D eigenvalue weighted by Gasteiger charge is -2.18. The fourth-order valence-corrected chi connectivity index (χ4v) is 3.12. The molecule has 1 aromatic heterocycles. The molecule has 1 unspecified atom stereocenters. The third-order valence-corrected chi connectivity index (χ3v) is 4.52. The van der Waals surface area contributed by atoms with E-state index in [-0.39, 0.29) is 41.8 Å². The predicted octanol–water partition coefficient (Wildman–Crippen LogP) is 4.42. The van der Waals surface area contributed by atoms with E-state index in [1.807, 2.05) is 0 Å². The zero-order chi connectivity index (χ0) is 19.9. The third-order valence-electron chi connectivity index (χ3n) is 4.52. The minimum absolute atomic E-state index is 0.0157. The van der Waals surface area contributed by atoms with E-state index < -0.39 is 23.5 Å². The smallest absolute Gasteiger partial charge is 0.334 e. The van der Waals surface area contributed by atoms with E-state index in [1.165, 1.54) is 35.2 Å². The molecular weight excluding hydrogens is 378 g/mol. The van der Waals surface area contributed by atoms with Crippen LogP contribution in [0.1, 0.15) is 23.7 Å². The van der Waals surface area contributed by atoms with Gasteiger partial charge in [-0.15, -0.1) is 0 Å². The molecule has 4 rings (SSSR count). The van der Waals surface area contributed by atoms with E-state index in [4.69, 9.17) is 4.52 Å². The number of halogens is 4. The first-order valence-electron chi connectivity index (χ1n) is 8.39. The second-order valence-electron chi connectivity index (χ2n) is 6.39. The molecule has 1 saturated heterocycles. The summed E-state index contributed by atoms with van der Waals surface area (Å²) in [7, 11) is 0. The van der Waals surface area contributed by atoms with Gasteiger partial charge in [0.05, 0.1) is 11.1 Å². The topological polar surface area (TPSA) is 59.2 Å². The lowest BCUT2D eigenvalue weighted by atomic mass is 10.1. The highest BCUT2D eigenvalue weighted by Crippen LogP contribution is 2.35. The first kappa shape index (κ1) is 18.1. The minimum Gasteiger partial charge on any atom is -0.334 e. The Morgan fingerprint density at radius 1 is 1.11 bits per heavy atom. The molecule has 5 nitrogen and oxygen atoms in total. The number of anilines is 1. The lowest BCUT2D eigenvalue weighted by molar-refractivity contribution is -0.137. The molecule has 9 heteroatoms. The van der Waals surface area contributed by atoms with Crippen molar-refractivity contribution in [3.63, 3.8) is 0 Å². The average Bonchev–Trinajstić information content (AvgIpc) is 3.28. The van der Waals surface area contributed by atoms with Crippen LogP contribution in [-0.2, 0) is 11.0 Å². The van der Waals surface area contributed by atoms with Gasteiger partial charge in [0.25, 0.3) is 5.89 Å². The average molecular weight is 391 g/mol. The number of hydrogen-bond acceptors (Lipinski definition) is 4. The van der Waals surface area contributed by atoms with Gasteiger partial charge in [-0.2, -0.15) is 18.2 Å². The number of alkyl halides is 3. The van der Waals surface area contributed by atoms with E-state index in [0.717, 1.165) is 12.1 Å². The maximum atomic E-state index is 13.9. The Balaban J connectivity index is 1.57. The molecule has 144 valence electrons. The molecule has 0 radical (unpaired) electrons. The highest BCUT2D eigenvalue weighted by Gasteiger charge is 2.36. The Kier molecular flexibility index (Phi) is 4.37. The third kappa shape index (κ3) is 3.35. The van der Waals surface area contributed by atoms with Crippen LogP contribution in [0.2, 0.25) is 0 Å². The number of amides is 1. The summed E-state index contributed by atoms with van der Waals surface area (Å²) >= 11 is 0. The van der Waals surface area contributed by atoms with Gasteiger partial charge >= 0.3 is 6.18 Å². The summed E-state index contributed by atoms with van der Waals surface area (Å²) < 4.78 is 57.7. The van der Waals surface area contributed by atoms with E-state index in [1.54, 1.807) is 6.07 Å². The van der Waals surface area contributed by atoms with Crippen LogP contribution >= 0.6 is 0 Å². The van der Waals surface area contributed by atoms with Crippen molar-refractivity contribution in [2.24, 2.45) is 0 Å². The van der Waals surface area contributed by atoms with Crippen LogP contribution < -0.4 is 4.90 Å². The minimum atomic E-state index is -4.50. The number of hydrogen-bond donors (Lipinski definition) is 0. The van der Waals surface area contributed by atoms with Gasteiger partial charge in [0.1, 0.15) is 5.82 Å². The van der Waals surface area contributed by atoms with Gasteiger partial charge in [-0.25, -0.2) is 4.39 Å². The summed E-state index contributed by atoms with van der Waals surface area (Å²) in [5.74, 6) is -1.14. The Morgan fingerprint density at radius 2 is 1.89 bits per heavy atom. The molecule has 0 spiro atoms. The molecule has 0 N–H and O–H groups in total. The molecular formula is C19H13F4N3O2. The first-order valence-corrected chi connectivity index (χ1v) is 8.39. The van der Waals surface area contributed by atoms with E-state index in [2.05, 4.69) is 10.1 Å². The standard InChI is InChI=1S/C19H13F4N3O2/c20-15-7-2-1-6-14(15)18-24-17(25-28-18)11-8-16(27)26(10-11)13-5-3-4-12(9-13)19(21,22)23/h1-7,9,11H,8,10H2. The zero-order valence-electron chi connectivity index (χ0n) is 14.3. The number of rotatable bonds is 3. The van der Waals surface area contributed by atoms with Crippen molar-refractivity contribution in [2.45, 2.75) is 18.5 Å². The molecule has 2 aromatic carbocycles. The Labute approximate surface area is 156 Å². The Bertz CT molecular complexity index is 1030. The van der Waals surface area contributed by atoms with Gasteiger partial charge in [0.2, 0.25) is 5.91 Å². The SMILES string of the molecule is O=C1CC(c2noc(-c3ccccc3F)n2)CN1c1cccc(C(F)(F)F)c1. The largest absolute Gasteiger partial charge is 0.416 e. The van der Waals surface area contributed by atoms with Gasteiger partial charge in [-0.1, -0.05) is 23.4 Å².